The van der Waals surface area contributed by atoms with Gasteiger partial charge < -0.3 is 9.94 Å². The van der Waals surface area contributed by atoms with E-state index in [1.807, 2.05) is 37.3 Å². The van der Waals surface area contributed by atoms with Crippen molar-refractivity contribution in [2.75, 3.05) is 7.11 Å². The third-order valence-electron chi connectivity index (χ3n) is 6.20. The molecule has 2 aromatic heterocycles. The van der Waals surface area contributed by atoms with E-state index in [9.17, 15) is 13.5 Å². The molecule has 6 nitrogen and oxygen atoms in total. The first-order chi connectivity index (χ1) is 14.9. The first-order valence-electron chi connectivity index (χ1n) is 10.3. The predicted molar refractivity (Wildman–Crippen MR) is 119 cm³/mol. The molecule has 0 saturated carbocycles. The molecule has 0 spiro atoms. The van der Waals surface area contributed by atoms with Crippen LogP contribution in [0.3, 0.4) is 0 Å². The number of para-hydroxylation sites is 1. The van der Waals surface area contributed by atoms with Gasteiger partial charge >= 0.3 is 0 Å². The average Bonchev–Trinajstić information content (AvgIpc) is 3.37. The van der Waals surface area contributed by atoms with E-state index in [1.165, 1.54) is 3.97 Å². The summed E-state index contributed by atoms with van der Waals surface area (Å²) < 4.78 is 29.6. The van der Waals surface area contributed by atoms with Crippen LogP contribution in [0, 0.1) is 6.92 Å². The van der Waals surface area contributed by atoms with E-state index in [-0.39, 0.29) is 4.90 Å². The number of nitrogens with zero attached hydrogens (tertiary/aromatic N) is 2. The Labute approximate surface area is 181 Å². The quantitative estimate of drug-likeness (QED) is 0.530. The van der Waals surface area contributed by atoms with Gasteiger partial charge in [0, 0.05) is 22.8 Å². The minimum Gasteiger partial charge on any atom is -0.417 e. The predicted octanol–water partition coefficient (Wildman–Crippen LogP) is 3.62. The minimum absolute atomic E-state index is 0.233. The second-order valence-electron chi connectivity index (χ2n) is 8.07. The number of benzene rings is 2. The summed E-state index contributed by atoms with van der Waals surface area (Å²) in [6.45, 7) is 1.92. The van der Waals surface area contributed by atoms with Crippen LogP contribution >= 0.6 is 0 Å². The first-order valence-corrected chi connectivity index (χ1v) is 11.7. The van der Waals surface area contributed by atoms with Gasteiger partial charge in [-0.15, -0.1) is 0 Å². The summed E-state index contributed by atoms with van der Waals surface area (Å²) in [5.74, 6) is 0. The smallest absolute Gasteiger partial charge is 0.267 e. The third-order valence-corrected chi connectivity index (χ3v) is 7.93. The van der Waals surface area contributed by atoms with Gasteiger partial charge in [0.1, 0.15) is 12.7 Å². The number of aliphatic hydroxyl groups is 1. The van der Waals surface area contributed by atoms with Gasteiger partial charge in [0.2, 0.25) is 0 Å². The van der Waals surface area contributed by atoms with Gasteiger partial charge in [-0.3, -0.25) is 0 Å². The zero-order chi connectivity index (χ0) is 21.8. The second kappa shape index (κ2) is 7.00. The first kappa shape index (κ1) is 19.9. The molecule has 7 heteroatoms. The highest BCUT2D eigenvalue weighted by Gasteiger charge is 2.42. The van der Waals surface area contributed by atoms with Crippen LogP contribution in [0.2, 0.25) is 0 Å². The zero-order valence-electron chi connectivity index (χ0n) is 17.4. The summed E-state index contributed by atoms with van der Waals surface area (Å²) in [5.41, 5.74) is 2.32. The molecular formula is C24H24N2O4S. The molecule has 5 rings (SSSR count). The molecule has 0 fully saturated rings. The van der Waals surface area contributed by atoms with E-state index in [0.29, 0.717) is 36.2 Å². The standard InChI is InChI=1S/C24H24N2O4S/c1-17-9-11-19(12-10-17)31(28,29)25-15-13-20-22(25)8-5-14-24(20,27)23-16-18-6-3-4-7-21(18)26(23)30-2/h3-4,6-7,9-13,15-16,27H,5,8,14H2,1-2H3. The van der Waals surface area contributed by atoms with Gasteiger partial charge in [-0.1, -0.05) is 35.9 Å². The lowest BCUT2D eigenvalue weighted by Crippen LogP contribution is -2.35. The van der Waals surface area contributed by atoms with Gasteiger partial charge in [0.25, 0.3) is 10.0 Å². The van der Waals surface area contributed by atoms with Crippen LogP contribution in [-0.2, 0) is 22.0 Å². The molecular weight excluding hydrogens is 412 g/mol. The fourth-order valence-electron chi connectivity index (χ4n) is 4.64. The lowest BCUT2D eigenvalue weighted by atomic mass is 9.80. The molecule has 1 N–H and O–H groups in total. The normalized spacial score (nSPS) is 18.8. The molecule has 2 aromatic carbocycles. The van der Waals surface area contributed by atoms with Gasteiger partial charge in [0.05, 0.1) is 16.1 Å². The van der Waals surface area contributed by atoms with Crippen LogP contribution in [-0.4, -0.2) is 29.3 Å². The highest BCUT2D eigenvalue weighted by molar-refractivity contribution is 7.90. The highest BCUT2D eigenvalue weighted by Crippen LogP contribution is 2.43. The molecule has 160 valence electrons. The Balaban J connectivity index is 1.68. The number of hydrogen-bond donors (Lipinski definition) is 1. The van der Waals surface area contributed by atoms with Crippen LogP contribution < -0.4 is 4.84 Å². The summed E-state index contributed by atoms with van der Waals surface area (Å²) in [6, 6.07) is 18.2. The SMILES string of the molecule is COn1c(C2(O)CCCc3c2ccn3S(=O)(=O)c2ccc(C)cc2)cc2ccccc21. The zero-order valence-corrected chi connectivity index (χ0v) is 18.3. The Morgan fingerprint density at radius 1 is 1.06 bits per heavy atom. The van der Waals surface area contributed by atoms with E-state index in [1.54, 1.807) is 48.4 Å². The molecule has 2 heterocycles. The maximum Gasteiger partial charge on any atom is 0.267 e. The van der Waals surface area contributed by atoms with Crippen molar-refractivity contribution >= 4 is 20.9 Å². The number of rotatable bonds is 4. The Morgan fingerprint density at radius 2 is 1.81 bits per heavy atom. The minimum atomic E-state index is -3.76. The Bertz CT molecular complexity index is 1380. The summed E-state index contributed by atoms with van der Waals surface area (Å²) >= 11 is 0. The molecule has 1 unspecified atom stereocenters. The molecule has 1 atom stereocenters. The second-order valence-corrected chi connectivity index (χ2v) is 9.88. The lowest BCUT2D eigenvalue weighted by molar-refractivity contribution is 0.0329. The molecule has 0 aliphatic heterocycles. The van der Waals surface area contributed by atoms with Crippen molar-refractivity contribution in [3.63, 3.8) is 0 Å². The molecule has 0 saturated heterocycles. The largest absolute Gasteiger partial charge is 0.417 e. The Hall–Kier alpha value is -3.03. The summed E-state index contributed by atoms with van der Waals surface area (Å²) in [6.07, 6.45) is 3.26. The highest BCUT2D eigenvalue weighted by atomic mass is 32.2. The van der Waals surface area contributed by atoms with E-state index in [4.69, 9.17) is 4.84 Å². The maximum atomic E-state index is 13.3. The van der Waals surface area contributed by atoms with E-state index in [0.717, 1.165) is 16.5 Å². The van der Waals surface area contributed by atoms with Crippen molar-refractivity contribution in [3.05, 3.63) is 89.4 Å². The van der Waals surface area contributed by atoms with Crippen LogP contribution in [0.1, 0.15) is 35.4 Å². The van der Waals surface area contributed by atoms with Crippen molar-refractivity contribution in [1.29, 1.82) is 0 Å². The van der Waals surface area contributed by atoms with Crippen LogP contribution in [0.5, 0.6) is 0 Å². The monoisotopic (exact) mass is 436 g/mol. The van der Waals surface area contributed by atoms with Crippen molar-refractivity contribution < 1.29 is 18.4 Å². The number of aryl methyl sites for hydroxylation is 1. The summed E-state index contributed by atoms with van der Waals surface area (Å²) in [7, 11) is -2.19. The Morgan fingerprint density at radius 3 is 2.55 bits per heavy atom. The van der Waals surface area contributed by atoms with Crippen LogP contribution in [0.25, 0.3) is 10.9 Å². The Kier molecular flexibility index (Phi) is 4.50. The molecule has 0 bridgehead atoms. The maximum absolute atomic E-state index is 13.3. The topological polar surface area (TPSA) is 73.5 Å². The van der Waals surface area contributed by atoms with Crippen molar-refractivity contribution in [3.8, 4) is 0 Å². The summed E-state index contributed by atoms with van der Waals surface area (Å²) in [4.78, 5) is 5.85. The molecule has 1 aliphatic carbocycles. The van der Waals surface area contributed by atoms with Crippen molar-refractivity contribution in [2.24, 2.45) is 0 Å². The van der Waals surface area contributed by atoms with Crippen LogP contribution in [0.4, 0.5) is 0 Å². The third kappa shape index (κ3) is 2.91. The molecule has 0 amide bonds. The van der Waals surface area contributed by atoms with E-state index in [2.05, 4.69) is 0 Å². The molecule has 0 radical (unpaired) electrons. The average molecular weight is 437 g/mol. The van der Waals surface area contributed by atoms with Crippen molar-refractivity contribution in [1.82, 2.24) is 8.70 Å². The van der Waals surface area contributed by atoms with Gasteiger partial charge in [0.15, 0.2) is 0 Å². The number of hydrogen-bond acceptors (Lipinski definition) is 4. The number of fused-ring (bicyclic) bond motifs is 2. The van der Waals surface area contributed by atoms with Gasteiger partial charge in [-0.05, 0) is 56.5 Å². The fraction of sp³-hybridized carbons (Fsp3) is 0.250. The van der Waals surface area contributed by atoms with Crippen molar-refractivity contribution in [2.45, 2.75) is 36.7 Å². The molecule has 1 aliphatic rings. The van der Waals surface area contributed by atoms with Gasteiger partial charge in [-0.2, -0.15) is 4.73 Å². The van der Waals surface area contributed by atoms with E-state index >= 15 is 0 Å². The molecule has 31 heavy (non-hydrogen) atoms. The van der Waals surface area contributed by atoms with E-state index < -0.39 is 15.6 Å². The van der Waals surface area contributed by atoms with Gasteiger partial charge in [-0.25, -0.2) is 12.4 Å². The fourth-order valence-corrected chi connectivity index (χ4v) is 6.05. The number of aromatic nitrogens is 2. The lowest BCUT2D eigenvalue weighted by Gasteiger charge is -2.33. The summed E-state index contributed by atoms with van der Waals surface area (Å²) in [5, 5.41) is 12.8. The van der Waals surface area contributed by atoms with Crippen LogP contribution in [0.15, 0.2) is 71.8 Å². The molecule has 4 aromatic rings.